The van der Waals surface area contributed by atoms with Gasteiger partial charge in [-0.05, 0) is 35.7 Å². The van der Waals surface area contributed by atoms with Gasteiger partial charge in [-0.15, -0.1) is 0 Å². The first-order valence-electron chi connectivity index (χ1n) is 7.60. The summed E-state index contributed by atoms with van der Waals surface area (Å²) in [5.74, 6) is -1.02. The number of primary amides is 1. The zero-order valence-electron chi connectivity index (χ0n) is 13.2. The van der Waals surface area contributed by atoms with E-state index < -0.39 is 11.9 Å². The van der Waals surface area contributed by atoms with Crippen molar-refractivity contribution in [3.63, 3.8) is 0 Å². The number of carbonyl (C=O) groups excluding carboxylic acids is 2. The Morgan fingerprint density at radius 1 is 1.08 bits per heavy atom. The van der Waals surface area contributed by atoms with Gasteiger partial charge in [0.15, 0.2) is 0 Å². The van der Waals surface area contributed by atoms with E-state index in [1.807, 2.05) is 0 Å². The Balaban J connectivity index is 1.80. The summed E-state index contributed by atoms with van der Waals surface area (Å²) < 4.78 is 13.6. The summed E-state index contributed by atoms with van der Waals surface area (Å²) in [5, 5.41) is 2.75. The summed E-state index contributed by atoms with van der Waals surface area (Å²) in [6.45, 7) is 0.324. The van der Waals surface area contributed by atoms with Gasteiger partial charge in [-0.1, -0.05) is 30.3 Å². The zero-order chi connectivity index (χ0) is 17.5. The van der Waals surface area contributed by atoms with Gasteiger partial charge in [0.05, 0.1) is 0 Å². The second-order valence-electron chi connectivity index (χ2n) is 5.60. The molecule has 6 heteroatoms. The summed E-state index contributed by atoms with van der Waals surface area (Å²) in [6.07, 6.45) is 0.404. The van der Waals surface area contributed by atoms with Crippen LogP contribution in [0.5, 0.6) is 0 Å². The minimum atomic E-state index is -0.496. The lowest BCUT2D eigenvalue weighted by Crippen LogP contribution is -2.33. The molecule has 0 saturated heterocycles. The molecule has 5 N–H and O–H groups in total. The molecular weight excluding hydrogens is 309 g/mol. The first kappa shape index (κ1) is 17.6. The number of hydrogen-bond donors (Lipinski definition) is 3. The maximum absolute atomic E-state index is 13.6. The van der Waals surface area contributed by atoms with Gasteiger partial charge >= 0.3 is 0 Å². The third-order valence-electron chi connectivity index (χ3n) is 3.62. The molecule has 0 spiro atoms. The molecule has 2 aromatic rings. The Morgan fingerprint density at radius 3 is 2.38 bits per heavy atom. The first-order chi connectivity index (χ1) is 11.5. The van der Waals surface area contributed by atoms with E-state index in [0.717, 1.165) is 5.56 Å². The number of amides is 2. The Kier molecular flexibility index (Phi) is 6.03. The maximum atomic E-state index is 13.6. The fourth-order valence-electron chi connectivity index (χ4n) is 2.32. The molecule has 2 aromatic carbocycles. The molecule has 0 saturated carbocycles. The van der Waals surface area contributed by atoms with Crippen LogP contribution in [0.4, 0.5) is 4.39 Å². The molecular formula is C18H20FN3O2. The second-order valence-corrected chi connectivity index (χ2v) is 5.60. The zero-order valence-corrected chi connectivity index (χ0v) is 13.2. The fraction of sp³-hybridized carbons (Fsp3) is 0.222. The highest BCUT2D eigenvalue weighted by Crippen LogP contribution is 2.10. The first-order valence-corrected chi connectivity index (χ1v) is 7.60. The highest BCUT2D eigenvalue weighted by molar-refractivity contribution is 5.92. The molecule has 0 fully saturated rings. The molecule has 0 radical (unpaired) electrons. The van der Waals surface area contributed by atoms with Gasteiger partial charge in [-0.3, -0.25) is 9.59 Å². The topological polar surface area (TPSA) is 98.2 Å². The lowest BCUT2D eigenvalue weighted by atomic mass is 10.0. The number of rotatable bonds is 7. The molecule has 2 rings (SSSR count). The van der Waals surface area contributed by atoms with E-state index in [-0.39, 0.29) is 18.1 Å². The van der Waals surface area contributed by atoms with E-state index in [0.29, 0.717) is 24.1 Å². The van der Waals surface area contributed by atoms with Crippen LogP contribution in [0.1, 0.15) is 27.9 Å². The molecule has 5 nitrogen and oxygen atoms in total. The number of nitrogens with one attached hydrogen (secondary N) is 1. The van der Waals surface area contributed by atoms with E-state index >= 15 is 0 Å². The van der Waals surface area contributed by atoms with Crippen molar-refractivity contribution in [2.24, 2.45) is 11.5 Å². The minimum absolute atomic E-state index is 0.105. The summed E-state index contributed by atoms with van der Waals surface area (Å²) in [7, 11) is 0. The molecule has 0 aromatic heterocycles. The molecule has 0 aliphatic carbocycles. The Hall–Kier alpha value is -2.73. The van der Waals surface area contributed by atoms with Gasteiger partial charge in [0.2, 0.25) is 11.8 Å². The number of carbonyl (C=O) groups is 2. The predicted molar refractivity (Wildman–Crippen MR) is 89.5 cm³/mol. The van der Waals surface area contributed by atoms with Crippen molar-refractivity contribution >= 4 is 11.8 Å². The van der Waals surface area contributed by atoms with Crippen molar-refractivity contribution in [1.29, 1.82) is 0 Å². The summed E-state index contributed by atoms with van der Waals surface area (Å²) in [4.78, 5) is 22.9. The molecule has 0 aliphatic rings. The van der Waals surface area contributed by atoms with Crippen LogP contribution in [-0.4, -0.2) is 17.9 Å². The SMILES string of the molecule is NC(=O)c1ccc(CNC(=O)C[C@H](N)Cc2ccccc2F)cc1. The van der Waals surface area contributed by atoms with E-state index in [9.17, 15) is 14.0 Å². The number of benzene rings is 2. The van der Waals surface area contributed by atoms with Gasteiger partial charge in [0.1, 0.15) is 5.82 Å². The summed E-state index contributed by atoms with van der Waals surface area (Å²) >= 11 is 0. The highest BCUT2D eigenvalue weighted by atomic mass is 19.1. The van der Waals surface area contributed by atoms with Crippen molar-refractivity contribution in [1.82, 2.24) is 5.32 Å². The minimum Gasteiger partial charge on any atom is -0.366 e. The lowest BCUT2D eigenvalue weighted by Gasteiger charge is -2.12. The van der Waals surface area contributed by atoms with Crippen LogP contribution in [0.3, 0.4) is 0 Å². The summed E-state index contributed by atoms with van der Waals surface area (Å²) in [5.41, 5.74) is 12.8. The van der Waals surface area contributed by atoms with E-state index in [4.69, 9.17) is 11.5 Å². The third kappa shape index (κ3) is 5.17. The van der Waals surface area contributed by atoms with Crippen molar-refractivity contribution in [2.75, 3.05) is 0 Å². The van der Waals surface area contributed by atoms with Gasteiger partial charge in [0, 0.05) is 24.6 Å². The molecule has 1 atom stereocenters. The normalized spacial score (nSPS) is 11.8. The van der Waals surface area contributed by atoms with Crippen LogP contribution in [0.2, 0.25) is 0 Å². The van der Waals surface area contributed by atoms with Crippen LogP contribution < -0.4 is 16.8 Å². The molecule has 126 valence electrons. The number of nitrogens with two attached hydrogens (primary N) is 2. The smallest absolute Gasteiger partial charge is 0.248 e. The van der Waals surface area contributed by atoms with E-state index in [2.05, 4.69) is 5.32 Å². The van der Waals surface area contributed by atoms with Crippen molar-refractivity contribution in [3.8, 4) is 0 Å². The average Bonchev–Trinajstić information content (AvgIpc) is 2.55. The Labute approximate surface area is 139 Å². The van der Waals surface area contributed by atoms with Gasteiger partial charge < -0.3 is 16.8 Å². The standard InChI is InChI=1S/C18H20FN3O2/c19-16-4-2-1-3-14(16)9-15(20)10-17(23)22-11-12-5-7-13(8-6-12)18(21)24/h1-8,15H,9-11,20H2,(H2,21,24)(H,22,23)/t15-/m1/s1. The van der Waals surface area contributed by atoms with Gasteiger partial charge in [-0.25, -0.2) is 4.39 Å². The van der Waals surface area contributed by atoms with E-state index in [1.165, 1.54) is 6.07 Å². The quantitative estimate of drug-likeness (QED) is 0.718. The van der Waals surface area contributed by atoms with Crippen molar-refractivity contribution in [3.05, 3.63) is 71.0 Å². The van der Waals surface area contributed by atoms with E-state index in [1.54, 1.807) is 42.5 Å². The number of halogens is 1. The Bertz CT molecular complexity index is 716. The van der Waals surface area contributed by atoms with Crippen LogP contribution in [-0.2, 0) is 17.8 Å². The maximum Gasteiger partial charge on any atom is 0.248 e. The molecule has 2 amide bonds. The van der Waals surface area contributed by atoms with Gasteiger partial charge in [-0.2, -0.15) is 0 Å². The molecule has 0 bridgehead atoms. The lowest BCUT2D eigenvalue weighted by molar-refractivity contribution is -0.121. The van der Waals surface area contributed by atoms with Crippen LogP contribution in [0.25, 0.3) is 0 Å². The fourth-order valence-corrected chi connectivity index (χ4v) is 2.32. The molecule has 0 heterocycles. The Morgan fingerprint density at radius 2 is 1.75 bits per heavy atom. The highest BCUT2D eigenvalue weighted by Gasteiger charge is 2.12. The monoisotopic (exact) mass is 329 g/mol. The van der Waals surface area contributed by atoms with Crippen molar-refractivity contribution < 1.29 is 14.0 Å². The molecule has 0 unspecified atom stereocenters. The second kappa shape index (κ2) is 8.21. The average molecular weight is 329 g/mol. The van der Waals surface area contributed by atoms with Gasteiger partial charge in [0.25, 0.3) is 0 Å². The summed E-state index contributed by atoms with van der Waals surface area (Å²) in [6, 6.07) is 12.6. The predicted octanol–water partition coefficient (Wildman–Crippen LogP) is 1.50. The number of hydrogen-bond acceptors (Lipinski definition) is 3. The van der Waals surface area contributed by atoms with Crippen LogP contribution in [0.15, 0.2) is 48.5 Å². The van der Waals surface area contributed by atoms with Crippen LogP contribution >= 0.6 is 0 Å². The largest absolute Gasteiger partial charge is 0.366 e. The van der Waals surface area contributed by atoms with Crippen molar-refractivity contribution in [2.45, 2.75) is 25.4 Å². The van der Waals surface area contributed by atoms with Crippen LogP contribution in [0, 0.1) is 5.82 Å². The molecule has 24 heavy (non-hydrogen) atoms. The molecule has 0 aliphatic heterocycles. The third-order valence-corrected chi connectivity index (χ3v) is 3.62.